The van der Waals surface area contributed by atoms with E-state index in [0.717, 1.165) is 0 Å². The molecule has 2 rings (SSSR count). The molecular formula is C15H16O3. The first-order valence-electron chi connectivity index (χ1n) is 5.87. The van der Waals surface area contributed by atoms with E-state index in [0.29, 0.717) is 12.0 Å². The van der Waals surface area contributed by atoms with E-state index in [4.69, 9.17) is 9.47 Å². The molecule has 0 aromatic heterocycles. The van der Waals surface area contributed by atoms with Crippen LogP contribution in [0.25, 0.3) is 0 Å². The maximum Gasteiger partial charge on any atom is 0.191 e. The van der Waals surface area contributed by atoms with E-state index in [2.05, 4.69) is 0 Å². The summed E-state index contributed by atoms with van der Waals surface area (Å²) >= 11 is 0. The lowest BCUT2D eigenvalue weighted by molar-refractivity contribution is -0.178. The molecule has 1 aromatic rings. The summed E-state index contributed by atoms with van der Waals surface area (Å²) in [4.78, 5) is 11.9. The molecule has 18 heavy (non-hydrogen) atoms. The molecule has 3 heteroatoms. The number of carbonyl (C=O) groups excluding carboxylic acids is 1. The second kappa shape index (κ2) is 5.76. The number of hydrogen-bond donors (Lipinski definition) is 0. The van der Waals surface area contributed by atoms with Crippen LogP contribution < -0.4 is 0 Å². The summed E-state index contributed by atoms with van der Waals surface area (Å²) in [7, 11) is 1.58. The summed E-state index contributed by atoms with van der Waals surface area (Å²) in [6.45, 7) is 0.00995. The number of carbonyl (C=O) groups is 1. The van der Waals surface area contributed by atoms with Crippen molar-refractivity contribution < 1.29 is 14.3 Å². The molecule has 0 aliphatic heterocycles. The quantitative estimate of drug-likeness (QED) is 0.590. The van der Waals surface area contributed by atoms with Gasteiger partial charge in [-0.25, -0.2) is 0 Å². The number of rotatable bonds is 5. The molecule has 0 saturated heterocycles. The zero-order valence-electron chi connectivity index (χ0n) is 10.3. The lowest BCUT2D eigenvalue weighted by Crippen LogP contribution is -2.35. The van der Waals surface area contributed by atoms with Gasteiger partial charge in [-0.1, -0.05) is 48.6 Å². The molecule has 1 unspecified atom stereocenters. The van der Waals surface area contributed by atoms with E-state index in [9.17, 15) is 4.79 Å². The number of allylic oxidation sites excluding steroid dienone is 2. The summed E-state index contributed by atoms with van der Waals surface area (Å²) < 4.78 is 11.0. The molecule has 0 bridgehead atoms. The minimum Gasteiger partial charge on any atom is -0.349 e. The summed E-state index contributed by atoms with van der Waals surface area (Å²) in [6.07, 6.45) is 8.18. The lowest BCUT2D eigenvalue weighted by Gasteiger charge is -2.29. The monoisotopic (exact) mass is 244 g/mol. The Labute approximate surface area is 107 Å². The third kappa shape index (κ3) is 2.94. The fourth-order valence-electron chi connectivity index (χ4n) is 1.79. The standard InChI is InChI=1S/C15H16O3/c1-17-15(10-6-3-7-11-15)18-12-14(16)13-8-4-2-5-9-13/h2-10H,11-12H2,1H3. The molecule has 1 aromatic carbocycles. The van der Waals surface area contributed by atoms with Crippen LogP contribution in [0.2, 0.25) is 0 Å². The van der Waals surface area contributed by atoms with Crippen LogP contribution in [0.1, 0.15) is 16.8 Å². The molecule has 0 amide bonds. The van der Waals surface area contributed by atoms with Crippen molar-refractivity contribution >= 4 is 5.78 Å². The van der Waals surface area contributed by atoms with Gasteiger partial charge in [0.1, 0.15) is 6.61 Å². The van der Waals surface area contributed by atoms with Gasteiger partial charge in [-0.05, 0) is 6.08 Å². The van der Waals surface area contributed by atoms with Gasteiger partial charge in [-0.3, -0.25) is 4.79 Å². The Kier molecular flexibility index (Phi) is 4.07. The van der Waals surface area contributed by atoms with Gasteiger partial charge in [0, 0.05) is 19.1 Å². The minimum absolute atomic E-state index is 0.00995. The first-order chi connectivity index (χ1) is 8.76. The summed E-state index contributed by atoms with van der Waals surface area (Å²) in [5.74, 6) is -0.853. The second-order valence-electron chi connectivity index (χ2n) is 4.09. The molecule has 0 radical (unpaired) electrons. The number of hydrogen-bond acceptors (Lipinski definition) is 3. The lowest BCUT2D eigenvalue weighted by atomic mass is 10.1. The van der Waals surface area contributed by atoms with Crippen LogP contribution in [0.15, 0.2) is 54.6 Å². The second-order valence-corrected chi connectivity index (χ2v) is 4.09. The zero-order chi connectivity index (χ0) is 12.8. The van der Waals surface area contributed by atoms with Gasteiger partial charge in [0.15, 0.2) is 11.6 Å². The predicted molar refractivity (Wildman–Crippen MR) is 69.4 cm³/mol. The van der Waals surface area contributed by atoms with Crippen molar-refractivity contribution in [3.8, 4) is 0 Å². The first kappa shape index (κ1) is 12.7. The van der Waals surface area contributed by atoms with E-state index >= 15 is 0 Å². The van der Waals surface area contributed by atoms with Gasteiger partial charge in [-0.15, -0.1) is 0 Å². The third-order valence-corrected chi connectivity index (χ3v) is 2.89. The predicted octanol–water partition coefficient (Wildman–Crippen LogP) is 2.74. The van der Waals surface area contributed by atoms with Gasteiger partial charge in [-0.2, -0.15) is 0 Å². The molecule has 1 atom stereocenters. The highest BCUT2D eigenvalue weighted by Gasteiger charge is 2.28. The Morgan fingerprint density at radius 3 is 2.67 bits per heavy atom. The molecule has 0 spiro atoms. The van der Waals surface area contributed by atoms with E-state index in [1.807, 2.05) is 42.5 Å². The summed E-state index contributed by atoms with van der Waals surface area (Å²) in [5, 5.41) is 0. The number of methoxy groups -OCH3 is 1. The average molecular weight is 244 g/mol. The smallest absolute Gasteiger partial charge is 0.191 e. The fourth-order valence-corrected chi connectivity index (χ4v) is 1.79. The first-order valence-corrected chi connectivity index (χ1v) is 5.87. The molecule has 0 N–H and O–H groups in total. The molecule has 1 aliphatic carbocycles. The molecule has 0 saturated carbocycles. The molecule has 1 aliphatic rings. The maximum absolute atomic E-state index is 11.9. The van der Waals surface area contributed by atoms with Crippen molar-refractivity contribution in [3.05, 3.63) is 60.2 Å². The highest BCUT2D eigenvalue weighted by atomic mass is 16.7. The number of Topliss-reactive ketones (excluding diaryl/α,β-unsaturated/α-hetero) is 1. The Balaban J connectivity index is 1.97. The SMILES string of the molecule is COC1(OCC(=O)c2ccccc2)C=CC=CC1. The highest BCUT2D eigenvalue weighted by molar-refractivity contribution is 5.97. The van der Waals surface area contributed by atoms with E-state index in [1.54, 1.807) is 19.2 Å². The molecule has 0 fully saturated rings. The van der Waals surface area contributed by atoms with Gasteiger partial charge < -0.3 is 9.47 Å². The van der Waals surface area contributed by atoms with Gasteiger partial charge in [0.2, 0.25) is 0 Å². The van der Waals surface area contributed by atoms with Gasteiger partial charge in [0.05, 0.1) is 0 Å². The van der Waals surface area contributed by atoms with E-state index in [-0.39, 0.29) is 12.4 Å². The number of benzene rings is 1. The number of ether oxygens (including phenoxy) is 2. The fraction of sp³-hybridized carbons (Fsp3) is 0.267. The highest BCUT2D eigenvalue weighted by Crippen LogP contribution is 2.23. The Morgan fingerprint density at radius 1 is 1.28 bits per heavy atom. The summed E-state index contributed by atoms with van der Waals surface area (Å²) in [5.41, 5.74) is 0.652. The van der Waals surface area contributed by atoms with Crippen molar-refractivity contribution in [2.75, 3.05) is 13.7 Å². The van der Waals surface area contributed by atoms with Crippen LogP contribution in [0.4, 0.5) is 0 Å². The van der Waals surface area contributed by atoms with Crippen molar-refractivity contribution in [3.63, 3.8) is 0 Å². The Hall–Kier alpha value is -1.71. The molecule has 0 heterocycles. The van der Waals surface area contributed by atoms with Crippen LogP contribution in [0.3, 0.4) is 0 Å². The van der Waals surface area contributed by atoms with Crippen molar-refractivity contribution in [2.24, 2.45) is 0 Å². The van der Waals surface area contributed by atoms with E-state index < -0.39 is 5.79 Å². The Morgan fingerprint density at radius 2 is 2.06 bits per heavy atom. The van der Waals surface area contributed by atoms with Crippen LogP contribution in [0.5, 0.6) is 0 Å². The minimum atomic E-state index is -0.806. The average Bonchev–Trinajstić information content (AvgIpc) is 2.47. The van der Waals surface area contributed by atoms with Crippen molar-refractivity contribution in [1.82, 2.24) is 0 Å². The van der Waals surface area contributed by atoms with Gasteiger partial charge in [0.25, 0.3) is 0 Å². The molecular weight excluding hydrogens is 228 g/mol. The largest absolute Gasteiger partial charge is 0.349 e. The zero-order valence-corrected chi connectivity index (χ0v) is 10.3. The molecule has 3 nitrogen and oxygen atoms in total. The normalized spacial score (nSPS) is 22.1. The van der Waals surface area contributed by atoms with Crippen molar-refractivity contribution in [2.45, 2.75) is 12.2 Å². The van der Waals surface area contributed by atoms with Crippen LogP contribution in [0, 0.1) is 0 Å². The number of ketones is 1. The summed E-state index contributed by atoms with van der Waals surface area (Å²) in [6, 6.07) is 9.11. The van der Waals surface area contributed by atoms with E-state index in [1.165, 1.54) is 0 Å². The molecule has 94 valence electrons. The van der Waals surface area contributed by atoms with Gasteiger partial charge >= 0.3 is 0 Å². The Bertz CT molecular complexity index is 462. The maximum atomic E-state index is 11.9. The van der Waals surface area contributed by atoms with Crippen LogP contribution in [-0.4, -0.2) is 25.3 Å². The topological polar surface area (TPSA) is 35.5 Å². The van der Waals surface area contributed by atoms with Crippen LogP contribution >= 0.6 is 0 Å². The third-order valence-electron chi connectivity index (χ3n) is 2.89. The van der Waals surface area contributed by atoms with Crippen LogP contribution in [-0.2, 0) is 9.47 Å². The van der Waals surface area contributed by atoms with Crippen molar-refractivity contribution in [1.29, 1.82) is 0 Å².